The molecular weight excluding hydrogens is 154 g/mol. The second-order valence-corrected chi connectivity index (χ2v) is 2.33. The van der Waals surface area contributed by atoms with Gasteiger partial charge in [0, 0.05) is 12.4 Å². The summed E-state index contributed by atoms with van der Waals surface area (Å²) in [7, 11) is 0. The van der Waals surface area contributed by atoms with E-state index in [2.05, 4.69) is 0 Å². The second-order valence-electron chi connectivity index (χ2n) is 1.95. The van der Waals surface area contributed by atoms with Crippen LogP contribution in [-0.4, -0.2) is 41.5 Å². The van der Waals surface area contributed by atoms with Crippen molar-refractivity contribution in [2.75, 3.05) is 25.5 Å². The van der Waals surface area contributed by atoms with Crippen molar-refractivity contribution in [3.05, 3.63) is 0 Å². The Hall–Kier alpha value is -0.280. The van der Waals surface area contributed by atoms with Crippen LogP contribution in [0.15, 0.2) is 0 Å². The van der Waals surface area contributed by atoms with Gasteiger partial charge < -0.3 is 5.11 Å². The number of halogens is 1. The molecule has 0 aromatic rings. The van der Waals surface area contributed by atoms with E-state index in [0.717, 1.165) is 6.54 Å². The monoisotopic (exact) mass is 165 g/mol. The summed E-state index contributed by atoms with van der Waals surface area (Å²) in [4.78, 5) is 11.9. The Morgan fingerprint density at radius 2 is 2.30 bits per heavy atom. The summed E-state index contributed by atoms with van der Waals surface area (Å²) < 4.78 is 0. The average molecular weight is 166 g/mol. The van der Waals surface area contributed by atoms with Gasteiger partial charge in [-0.15, -0.1) is 11.6 Å². The van der Waals surface area contributed by atoms with Gasteiger partial charge in [0.2, 0.25) is 0 Å². The van der Waals surface area contributed by atoms with Gasteiger partial charge in [0.1, 0.15) is 0 Å². The zero-order valence-electron chi connectivity index (χ0n) is 6.01. The van der Waals surface area contributed by atoms with Crippen molar-refractivity contribution in [1.82, 2.24) is 4.90 Å². The first-order chi connectivity index (χ1) is 4.70. The highest BCUT2D eigenvalue weighted by molar-refractivity contribution is 6.18. The van der Waals surface area contributed by atoms with E-state index in [0.29, 0.717) is 12.4 Å². The standard InChI is InChI=1S/C6H12ClNO2/c1-2-8(4-3-7)5-6(9)10/h2-5H2,1H3,(H,9,10). The van der Waals surface area contributed by atoms with E-state index in [1.165, 1.54) is 0 Å². The summed E-state index contributed by atoms with van der Waals surface area (Å²) in [5.41, 5.74) is 0. The molecule has 0 saturated carbocycles. The fraction of sp³-hybridized carbons (Fsp3) is 0.833. The SMILES string of the molecule is CCN(CCCl)CC(=O)O. The summed E-state index contributed by atoms with van der Waals surface area (Å²) in [5.74, 6) is -0.312. The number of likely N-dealkylation sites (N-methyl/N-ethyl adjacent to an activating group) is 1. The quantitative estimate of drug-likeness (QED) is 0.608. The molecule has 0 spiro atoms. The molecule has 0 aromatic carbocycles. The van der Waals surface area contributed by atoms with Gasteiger partial charge >= 0.3 is 5.97 Å². The number of carboxylic acids is 1. The minimum Gasteiger partial charge on any atom is -0.480 e. The van der Waals surface area contributed by atoms with Gasteiger partial charge in [-0.2, -0.15) is 0 Å². The normalized spacial score (nSPS) is 10.3. The van der Waals surface area contributed by atoms with Crippen LogP contribution in [-0.2, 0) is 4.79 Å². The lowest BCUT2D eigenvalue weighted by molar-refractivity contribution is -0.138. The van der Waals surface area contributed by atoms with Gasteiger partial charge in [0.25, 0.3) is 0 Å². The Balaban J connectivity index is 3.49. The number of aliphatic carboxylic acids is 1. The van der Waals surface area contributed by atoms with Crippen molar-refractivity contribution in [2.45, 2.75) is 6.92 Å². The van der Waals surface area contributed by atoms with Gasteiger partial charge in [0.05, 0.1) is 6.54 Å². The first-order valence-corrected chi connectivity index (χ1v) is 3.74. The Kier molecular flexibility index (Phi) is 5.35. The summed E-state index contributed by atoms with van der Waals surface area (Å²) in [6.07, 6.45) is 0. The van der Waals surface area contributed by atoms with Gasteiger partial charge in [0.15, 0.2) is 0 Å². The van der Waals surface area contributed by atoms with Crippen LogP contribution in [0.1, 0.15) is 6.92 Å². The third-order valence-corrected chi connectivity index (χ3v) is 1.38. The maximum Gasteiger partial charge on any atom is 0.317 e. The molecule has 1 N–H and O–H groups in total. The summed E-state index contributed by atoms with van der Waals surface area (Å²) >= 11 is 5.42. The summed E-state index contributed by atoms with van der Waals surface area (Å²) in [6.45, 7) is 3.38. The topological polar surface area (TPSA) is 40.5 Å². The minimum atomic E-state index is -0.799. The second kappa shape index (κ2) is 5.50. The Labute approximate surface area is 65.6 Å². The van der Waals surface area contributed by atoms with E-state index in [9.17, 15) is 4.79 Å². The molecule has 0 amide bonds. The van der Waals surface area contributed by atoms with Gasteiger partial charge in [-0.1, -0.05) is 6.92 Å². The minimum absolute atomic E-state index is 0.0865. The van der Waals surface area contributed by atoms with Crippen LogP contribution < -0.4 is 0 Å². The zero-order chi connectivity index (χ0) is 7.98. The van der Waals surface area contributed by atoms with Crippen molar-refractivity contribution in [2.24, 2.45) is 0 Å². The molecule has 0 unspecified atom stereocenters. The van der Waals surface area contributed by atoms with Crippen molar-refractivity contribution in [1.29, 1.82) is 0 Å². The highest BCUT2D eigenvalue weighted by atomic mass is 35.5. The highest BCUT2D eigenvalue weighted by Gasteiger charge is 2.04. The number of carboxylic acid groups (broad SMARTS) is 1. The fourth-order valence-electron chi connectivity index (χ4n) is 0.660. The summed E-state index contributed by atoms with van der Waals surface area (Å²) in [5, 5.41) is 8.36. The van der Waals surface area contributed by atoms with E-state index in [-0.39, 0.29) is 6.54 Å². The zero-order valence-corrected chi connectivity index (χ0v) is 6.76. The Bertz CT molecular complexity index is 108. The molecule has 0 aliphatic carbocycles. The van der Waals surface area contributed by atoms with Gasteiger partial charge in [-0.3, -0.25) is 9.69 Å². The number of alkyl halides is 1. The first kappa shape index (κ1) is 9.72. The first-order valence-electron chi connectivity index (χ1n) is 3.20. The molecule has 0 radical (unpaired) electrons. The molecule has 60 valence electrons. The molecule has 0 heterocycles. The van der Waals surface area contributed by atoms with E-state index in [1.54, 1.807) is 4.90 Å². The van der Waals surface area contributed by atoms with Crippen LogP contribution in [0, 0.1) is 0 Å². The molecule has 3 nitrogen and oxygen atoms in total. The molecule has 0 aromatic heterocycles. The summed E-state index contributed by atoms with van der Waals surface area (Å²) in [6, 6.07) is 0. The molecule has 0 atom stereocenters. The van der Waals surface area contributed by atoms with Crippen LogP contribution >= 0.6 is 11.6 Å². The Morgan fingerprint density at radius 3 is 2.60 bits per heavy atom. The number of nitrogens with zero attached hydrogens (tertiary/aromatic N) is 1. The average Bonchev–Trinajstić information content (AvgIpc) is 1.86. The smallest absolute Gasteiger partial charge is 0.317 e. The van der Waals surface area contributed by atoms with E-state index in [4.69, 9.17) is 16.7 Å². The van der Waals surface area contributed by atoms with Crippen LogP contribution in [0.25, 0.3) is 0 Å². The van der Waals surface area contributed by atoms with Crippen LogP contribution in [0.5, 0.6) is 0 Å². The lowest BCUT2D eigenvalue weighted by Crippen LogP contribution is -2.31. The highest BCUT2D eigenvalue weighted by Crippen LogP contribution is 1.88. The van der Waals surface area contributed by atoms with Crippen LogP contribution in [0.2, 0.25) is 0 Å². The van der Waals surface area contributed by atoms with E-state index >= 15 is 0 Å². The molecule has 4 heteroatoms. The maximum atomic E-state index is 10.2. The number of rotatable bonds is 5. The number of hydrogen-bond donors (Lipinski definition) is 1. The number of carbonyl (C=O) groups is 1. The van der Waals surface area contributed by atoms with Crippen molar-refractivity contribution >= 4 is 17.6 Å². The van der Waals surface area contributed by atoms with Gasteiger partial charge in [-0.25, -0.2) is 0 Å². The van der Waals surface area contributed by atoms with Crippen LogP contribution in [0.4, 0.5) is 0 Å². The van der Waals surface area contributed by atoms with Crippen LogP contribution in [0.3, 0.4) is 0 Å². The third kappa shape index (κ3) is 4.58. The molecular formula is C6H12ClNO2. The third-order valence-electron chi connectivity index (χ3n) is 1.21. The van der Waals surface area contributed by atoms with E-state index in [1.807, 2.05) is 6.92 Å². The van der Waals surface area contributed by atoms with Crippen molar-refractivity contribution in [3.63, 3.8) is 0 Å². The largest absolute Gasteiger partial charge is 0.480 e. The van der Waals surface area contributed by atoms with Crippen molar-refractivity contribution in [3.8, 4) is 0 Å². The lowest BCUT2D eigenvalue weighted by atomic mass is 10.5. The molecule has 0 aliphatic heterocycles. The van der Waals surface area contributed by atoms with Crippen molar-refractivity contribution < 1.29 is 9.90 Å². The molecule has 0 saturated heterocycles. The molecule has 10 heavy (non-hydrogen) atoms. The maximum absolute atomic E-state index is 10.2. The van der Waals surface area contributed by atoms with E-state index < -0.39 is 5.97 Å². The molecule has 0 bridgehead atoms. The molecule has 0 rings (SSSR count). The fourth-order valence-corrected chi connectivity index (χ4v) is 0.899. The molecule has 0 aliphatic rings. The predicted octanol–water partition coefficient (Wildman–Crippen LogP) is 0.632. The lowest BCUT2D eigenvalue weighted by Gasteiger charge is -2.15. The molecule has 0 fully saturated rings. The predicted molar refractivity (Wildman–Crippen MR) is 40.5 cm³/mol. The number of hydrogen-bond acceptors (Lipinski definition) is 2. The Morgan fingerprint density at radius 1 is 1.70 bits per heavy atom. The van der Waals surface area contributed by atoms with Gasteiger partial charge in [-0.05, 0) is 6.54 Å².